The molecule has 2 N–H and O–H groups in total. The van der Waals surface area contributed by atoms with Gasteiger partial charge in [-0.15, -0.1) is 0 Å². The van der Waals surface area contributed by atoms with Crippen LogP contribution in [-0.2, 0) is 4.79 Å². The second-order valence-corrected chi connectivity index (χ2v) is 5.43. The van der Waals surface area contributed by atoms with E-state index in [4.69, 9.17) is 0 Å². The fraction of sp³-hybridized carbons (Fsp3) is 0.235. The van der Waals surface area contributed by atoms with Crippen molar-refractivity contribution < 1.29 is 9.72 Å². The third kappa shape index (κ3) is 4.06. The number of rotatable bonds is 5. The zero-order valence-electron chi connectivity index (χ0n) is 13.3. The topological polar surface area (TPSA) is 84.3 Å². The zero-order chi connectivity index (χ0) is 17.0. The van der Waals surface area contributed by atoms with Crippen molar-refractivity contribution >= 4 is 23.0 Å². The van der Waals surface area contributed by atoms with Gasteiger partial charge in [-0.3, -0.25) is 14.9 Å². The van der Waals surface area contributed by atoms with Crippen LogP contribution in [-0.4, -0.2) is 16.9 Å². The third-order valence-corrected chi connectivity index (χ3v) is 3.64. The predicted molar refractivity (Wildman–Crippen MR) is 90.7 cm³/mol. The Kier molecular flexibility index (Phi) is 4.95. The molecule has 0 aromatic heterocycles. The highest BCUT2D eigenvalue weighted by Crippen LogP contribution is 2.23. The number of para-hydroxylation sites is 2. The number of aryl methyl sites for hydroxylation is 2. The quantitative estimate of drug-likeness (QED) is 0.652. The first-order valence-electron chi connectivity index (χ1n) is 7.26. The number of nitrogens with zero attached hydrogens (tertiary/aromatic N) is 1. The number of hydrogen-bond donors (Lipinski definition) is 2. The molecule has 1 amide bonds. The van der Waals surface area contributed by atoms with Gasteiger partial charge < -0.3 is 10.6 Å². The van der Waals surface area contributed by atoms with Crippen LogP contribution < -0.4 is 10.6 Å². The Bertz CT molecular complexity index is 744. The van der Waals surface area contributed by atoms with Crippen LogP contribution in [0.5, 0.6) is 0 Å². The number of anilines is 2. The van der Waals surface area contributed by atoms with Crippen LogP contribution >= 0.6 is 0 Å². The molecular weight excluding hydrogens is 294 g/mol. The van der Waals surface area contributed by atoms with Crippen molar-refractivity contribution in [3.05, 3.63) is 63.7 Å². The lowest BCUT2D eigenvalue weighted by Gasteiger charge is -2.16. The molecule has 0 heterocycles. The fourth-order valence-electron chi connectivity index (χ4n) is 2.13. The zero-order valence-corrected chi connectivity index (χ0v) is 13.3. The molecule has 0 aliphatic heterocycles. The van der Waals surface area contributed by atoms with Gasteiger partial charge in [-0.2, -0.15) is 0 Å². The van der Waals surface area contributed by atoms with Crippen LogP contribution in [0.4, 0.5) is 17.1 Å². The largest absolute Gasteiger partial charge is 0.374 e. The number of carbonyl (C=O) groups excluding carboxylic acids is 1. The lowest BCUT2D eigenvalue weighted by atomic mass is 10.1. The molecule has 0 unspecified atom stereocenters. The Morgan fingerprint density at radius 2 is 1.83 bits per heavy atom. The monoisotopic (exact) mass is 313 g/mol. The summed E-state index contributed by atoms with van der Waals surface area (Å²) >= 11 is 0. The molecule has 6 heteroatoms. The number of nitro benzene ring substituents is 1. The summed E-state index contributed by atoms with van der Waals surface area (Å²) in [6.45, 7) is 5.72. The number of hydrogen-bond acceptors (Lipinski definition) is 4. The van der Waals surface area contributed by atoms with E-state index in [9.17, 15) is 14.9 Å². The van der Waals surface area contributed by atoms with E-state index in [1.165, 1.54) is 17.7 Å². The minimum atomic E-state index is -0.531. The van der Waals surface area contributed by atoms with Gasteiger partial charge in [0.15, 0.2) is 0 Å². The Morgan fingerprint density at radius 1 is 1.13 bits per heavy atom. The van der Waals surface area contributed by atoms with Gasteiger partial charge in [0.05, 0.1) is 4.92 Å². The van der Waals surface area contributed by atoms with E-state index in [2.05, 4.69) is 10.6 Å². The molecule has 2 rings (SSSR count). The summed E-state index contributed by atoms with van der Waals surface area (Å²) in [6.07, 6.45) is 0. The van der Waals surface area contributed by atoms with Gasteiger partial charge in [-0.05, 0) is 50.1 Å². The first-order valence-corrected chi connectivity index (χ1v) is 7.26. The summed E-state index contributed by atoms with van der Waals surface area (Å²) in [5.41, 5.74) is 3.20. The molecule has 0 aliphatic carbocycles. The fourth-order valence-corrected chi connectivity index (χ4v) is 2.13. The lowest BCUT2D eigenvalue weighted by Crippen LogP contribution is -2.32. The first-order chi connectivity index (χ1) is 10.9. The van der Waals surface area contributed by atoms with Gasteiger partial charge in [0.25, 0.3) is 5.69 Å². The normalized spacial score (nSPS) is 11.6. The second-order valence-electron chi connectivity index (χ2n) is 5.43. The molecule has 0 aliphatic rings. The minimum Gasteiger partial charge on any atom is -0.374 e. The maximum atomic E-state index is 12.2. The molecule has 0 saturated carbocycles. The van der Waals surface area contributed by atoms with Gasteiger partial charge in [0, 0.05) is 11.8 Å². The van der Waals surface area contributed by atoms with Crippen molar-refractivity contribution in [3.8, 4) is 0 Å². The minimum absolute atomic E-state index is 0.126. The van der Waals surface area contributed by atoms with E-state index in [0.717, 1.165) is 11.3 Å². The molecule has 23 heavy (non-hydrogen) atoms. The van der Waals surface area contributed by atoms with Crippen LogP contribution in [0.3, 0.4) is 0 Å². The molecule has 2 aromatic carbocycles. The van der Waals surface area contributed by atoms with Gasteiger partial charge in [-0.25, -0.2) is 0 Å². The van der Waals surface area contributed by atoms with E-state index in [0.29, 0.717) is 0 Å². The molecule has 0 fully saturated rings. The van der Waals surface area contributed by atoms with Crippen LogP contribution in [0.25, 0.3) is 0 Å². The molecule has 0 saturated heterocycles. The molecule has 120 valence electrons. The molecular formula is C17H19N3O3. The van der Waals surface area contributed by atoms with Crippen molar-refractivity contribution in [2.24, 2.45) is 0 Å². The van der Waals surface area contributed by atoms with E-state index in [1.54, 1.807) is 19.1 Å². The standard InChI is InChI=1S/C17H19N3O3/c1-11-8-9-14(10-12(11)2)18-13(3)17(21)19-15-6-4-5-7-16(15)20(22)23/h4-10,13,18H,1-3H3,(H,19,21)/t13-/m0/s1. The second kappa shape index (κ2) is 6.91. The van der Waals surface area contributed by atoms with Crippen molar-refractivity contribution in [1.29, 1.82) is 0 Å². The average molecular weight is 313 g/mol. The predicted octanol–water partition coefficient (Wildman–Crippen LogP) is 3.65. The van der Waals surface area contributed by atoms with Crippen LogP contribution in [0.1, 0.15) is 18.1 Å². The molecule has 0 spiro atoms. The van der Waals surface area contributed by atoms with E-state index in [-0.39, 0.29) is 17.3 Å². The van der Waals surface area contributed by atoms with Gasteiger partial charge in [0.2, 0.25) is 5.91 Å². The summed E-state index contributed by atoms with van der Waals surface area (Å²) in [4.78, 5) is 22.7. The van der Waals surface area contributed by atoms with Gasteiger partial charge >= 0.3 is 0 Å². The van der Waals surface area contributed by atoms with E-state index in [1.807, 2.05) is 32.0 Å². The SMILES string of the molecule is Cc1ccc(N[C@@H](C)C(=O)Nc2ccccc2[N+](=O)[O-])cc1C. The van der Waals surface area contributed by atoms with Crippen molar-refractivity contribution in [3.63, 3.8) is 0 Å². The van der Waals surface area contributed by atoms with E-state index < -0.39 is 11.0 Å². The summed E-state index contributed by atoms with van der Waals surface area (Å²) in [7, 11) is 0. The van der Waals surface area contributed by atoms with Crippen molar-refractivity contribution in [2.75, 3.05) is 10.6 Å². The van der Waals surface area contributed by atoms with E-state index >= 15 is 0 Å². The molecule has 0 radical (unpaired) electrons. The van der Waals surface area contributed by atoms with Crippen molar-refractivity contribution in [2.45, 2.75) is 26.8 Å². The molecule has 0 bridgehead atoms. The summed E-state index contributed by atoms with van der Waals surface area (Å²) < 4.78 is 0. The molecule has 6 nitrogen and oxygen atoms in total. The van der Waals surface area contributed by atoms with Gasteiger partial charge in [-0.1, -0.05) is 18.2 Å². The first kappa shape index (κ1) is 16.5. The lowest BCUT2D eigenvalue weighted by molar-refractivity contribution is -0.383. The Balaban J connectivity index is 2.08. The highest BCUT2D eigenvalue weighted by atomic mass is 16.6. The highest BCUT2D eigenvalue weighted by Gasteiger charge is 2.18. The average Bonchev–Trinajstić information content (AvgIpc) is 2.51. The van der Waals surface area contributed by atoms with Crippen LogP contribution in [0.2, 0.25) is 0 Å². The number of nitro groups is 1. The maximum Gasteiger partial charge on any atom is 0.292 e. The highest BCUT2D eigenvalue weighted by molar-refractivity contribution is 5.97. The smallest absolute Gasteiger partial charge is 0.292 e. The summed E-state index contributed by atoms with van der Waals surface area (Å²) in [6, 6.07) is 11.4. The molecule has 1 atom stereocenters. The van der Waals surface area contributed by atoms with Crippen LogP contribution in [0.15, 0.2) is 42.5 Å². The summed E-state index contributed by atoms with van der Waals surface area (Å²) in [5, 5.41) is 16.7. The Labute approximate surface area is 134 Å². The number of amides is 1. The third-order valence-electron chi connectivity index (χ3n) is 3.64. The Morgan fingerprint density at radius 3 is 2.48 bits per heavy atom. The Hall–Kier alpha value is -2.89. The molecule has 2 aromatic rings. The maximum absolute atomic E-state index is 12.2. The van der Waals surface area contributed by atoms with Gasteiger partial charge in [0.1, 0.15) is 11.7 Å². The number of carbonyl (C=O) groups is 1. The number of benzene rings is 2. The number of nitrogens with one attached hydrogen (secondary N) is 2. The summed E-state index contributed by atoms with van der Waals surface area (Å²) in [5.74, 6) is -0.336. The van der Waals surface area contributed by atoms with Crippen molar-refractivity contribution in [1.82, 2.24) is 0 Å². The van der Waals surface area contributed by atoms with Crippen LogP contribution in [0, 0.1) is 24.0 Å².